The van der Waals surface area contributed by atoms with Gasteiger partial charge < -0.3 is 14.2 Å². The number of esters is 1. The number of hydrogen-bond acceptors (Lipinski definition) is 5. The third kappa shape index (κ3) is 4.99. The van der Waals surface area contributed by atoms with Crippen molar-refractivity contribution >= 4 is 5.97 Å². The summed E-state index contributed by atoms with van der Waals surface area (Å²) in [5.41, 5.74) is 0.287. The van der Waals surface area contributed by atoms with Gasteiger partial charge in [0.15, 0.2) is 5.69 Å². The number of carbonyl (C=O) groups is 1. The summed E-state index contributed by atoms with van der Waals surface area (Å²) in [6.45, 7) is 2.29. The Kier molecular flexibility index (Phi) is 6.54. The second-order valence-electron chi connectivity index (χ2n) is 3.32. The minimum absolute atomic E-state index is 0.287. The lowest BCUT2D eigenvalue weighted by atomic mass is 10.4. The van der Waals surface area contributed by atoms with E-state index in [1.54, 1.807) is 16.9 Å². The summed E-state index contributed by atoms with van der Waals surface area (Å²) in [5.74, 6) is 1.92. The fraction of sp³-hybridized carbons (Fsp3) is 0.500. The van der Waals surface area contributed by atoms with Gasteiger partial charge in [-0.15, -0.1) is 6.42 Å². The van der Waals surface area contributed by atoms with Crippen LogP contribution in [0.25, 0.3) is 0 Å². The Hall–Kier alpha value is -1.84. The molecule has 0 radical (unpaired) electrons. The highest BCUT2D eigenvalue weighted by Crippen LogP contribution is 1.97. The summed E-state index contributed by atoms with van der Waals surface area (Å²) >= 11 is 0. The Morgan fingerprint density at radius 1 is 1.44 bits per heavy atom. The molecule has 18 heavy (non-hydrogen) atoms. The summed E-state index contributed by atoms with van der Waals surface area (Å²) in [6, 6.07) is 1.60. The zero-order valence-corrected chi connectivity index (χ0v) is 10.3. The van der Waals surface area contributed by atoms with Crippen molar-refractivity contribution in [1.82, 2.24) is 9.78 Å². The largest absolute Gasteiger partial charge is 0.464 e. The van der Waals surface area contributed by atoms with Crippen LogP contribution >= 0.6 is 0 Å². The number of terminal acetylenes is 1. The average Bonchev–Trinajstić information content (AvgIpc) is 2.85. The predicted octanol–water partition coefficient (Wildman–Crippen LogP) is 0.336. The molecule has 0 N–H and O–H groups in total. The van der Waals surface area contributed by atoms with Gasteiger partial charge in [0.25, 0.3) is 0 Å². The lowest BCUT2D eigenvalue weighted by molar-refractivity contribution is 0.0548. The van der Waals surface area contributed by atoms with Crippen LogP contribution in [0.5, 0.6) is 0 Å². The SMILES string of the molecule is C#CCOCCOCCn1ccc(C(=O)OC)n1. The van der Waals surface area contributed by atoms with Crippen LogP contribution in [0.1, 0.15) is 10.5 Å². The maximum absolute atomic E-state index is 11.1. The van der Waals surface area contributed by atoms with Crippen molar-refractivity contribution in [2.24, 2.45) is 0 Å². The van der Waals surface area contributed by atoms with Gasteiger partial charge in [-0.2, -0.15) is 5.10 Å². The third-order valence-corrected chi connectivity index (χ3v) is 2.06. The molecule has 0 aromatic carbocycles. The molecule has 0 unspecified atom stereocenters. The maximum Gasteiger partial charge on any atom is 0.358 e. The molecule has 1 aromatic rings. The molecule has 0 aliphatic heterocycles. The van der Waals surface area contributed by atoms with Crippen molar-refractivity contribution in [2.75, 3.05) is 33.5 Å². The van der Waals surface area contributed by atoms with E-state index in [4.69, 9.17) is 15.9 Å². The quantitative estimate of drug-likeness (QED) is 0.379. The number of hydrogen-bond donors (Lipinski definition) is 0. The van der Waals surface area contributed by atoms with Gasteiger partial charge in [0.2, 0.25) is 0 Å². The predicted molar refractivity (Wildman–Crippen MR) is 64.0 cm³/mol. The first-order valence-corrected chi connectivity index (χ1v) is 5.48. The van der Waals surface area contributed by atoms with Gasteiger partial charge in [-0.3, -0.25) is 4.68 Å². The smallest absolute Gasteiger partial charge is 0.358 e. The zero-order chi connectivity index (χ0) is 13.2. The molecule has 1 heterocycles. The first kappa shape index (κ1) is 14.2. The third-order valence-electron chi connectivity index (χ3n) is 2.06. The molecule has 0 spiro atoms. The monoisotopic (exact) mass is 252 g/mol. The lowest BCUT2D eigenvalue weighted by Crippen LogP contribution is -2.11. The molecule has 1 rings (SSSR count). The van der Waals surface area contributed by atoms with Crippen LogP contribution in [0, 0.1) is 12.3 Å². The van der Waals surface area contributed by atoms with E-state index in [2.05, 4.69) is 15.8 Å². The molecule has 98 valence electrons. The first-order chi connectivity index (χ1) is 8.77. The van der Waals surface area contributed by atoms with Gasteiger partial charge in [-0.1, -0.05) is 5.92 Å². The number of rotatable bonds is 8. The fourth-order valence-electron chi connectivity index (χ4n) is 1.21. The molecule has 1 aromatic heterocycles. The molecule has 0 aliphatic rings. The van der Waals surface area contributed by atoms with Crippen LogP contribution < -0.4 is 0 Å². The highest BCUT2D eigenvalue weighted by molar-refractivity contribution is 5.86. The summed E-state index contributed by atoms with van der Waals surface area (Å²) in [7, 11) is 1.32. The highest BCUT2D eigenvalue weighted by Gasteiger charge is 2.08. The number of ether oxygens (including phenoxy) is 3. The Morgan fingerprint density at radius 3 is 2.94 bits per heavy atom. The minimum atomic E-state index is -0.447. The van der Waals surface area contributed by atoms with Crippen molar-refractivity contribution in [1.29, 1.82) is 0 Å². The molecule has 0 amide bonds. The van der Waals surface area contributed by atoms with E-state index in [1.165, 1.54) is 7.11 Å². The van der Waals surface area contributed by atoms with Gasteiger partial charge in [0.1, 0.15) is 6.61 Å². The number of methoxy groups -OCH3 is 1. The standard InChI is InChI=1S/C12H16N2O4/c1-3-7-17-9-10-18-8-6-14-5-4-11(13-14)12(15)16-2/h1,4-5H,6-10H2,2H3. The average molecular weight is 252 g/mol. The van der Waals surface area contributed by atoms with Crippen LogP contribution in [-0.2, 0) is 20.8 Å². The Bertz CT molecular complexity index is 408. The van der Waals surface area contributed by atoms with E-state index < -0.39 is 5.97 Å². The number of carbonyl (C=O) groups excluding carboxylic acids is 1. The van der Waals surface area contributed by atoms with Gasteiger partial charge in [0, 0.05) is 6.20 Å². The molecule has 6 heteroatoms. The van der Waals surface area contributed by atoms with Crippen molar-refractivity contribution in [3.8, 4) is 12.3 Å². The molecule has 0 atom stereocenters. The van der Waals surface area contributed by atoms with Crippen molar-refractivity contribution < 1.29 is 19.0 Å². The maximum atomic E-state index is 11.1. The van der Waals surface area contributed by atoms with Crippen molar-refractivity contribution in [3.63, 3.8) is 0 Å². The summed E-state index contributed by atoms with van der Waals surface area (Å²) in [4.78, 5) is 11.1. The highest BCUT2D eigenvalue weighted by atomic mass is 16.5. The first-order valence-electron chi connectivity index (χ1n) is 5.48. The van der Waals surface area contributed by atoms with Crippen LogP contribution in [0.4, 0.5) is 0 Å². The van der Waals surface area contributed by atoms with E-state index in [0.29, 0.717) is 33.0 Å². The van der Waals surface area contributed by atoms with E-state index >= 15 is 0 Å². The van der Waals surface area contributed by atoms with Gasteiger partial charge >= 0.3 is 5.97 Å². The Morgan fingerprint density at radius 2 is 2.22 bits per heavy atom. The van der Waals surface area contributed by atoms with Gasteiger partial charge in [0.05, 0.1) is 33.5 Å². The van der Waals surface area contributed by atoms with Crippen LogP contribution in [-0.4, -0.2) is 49.3 Å². The van der Waals surface area contributed by atoms with Crippen molar-refractivity contribution in [2.45, 2.75) is 6.54 Å². The minimum Gasteiger partial charge on any atom is -0.464 e. The zero-order valence-electron chi connectivity index (χ0n) is 10.3. The van der Waals surface area contributed by atoms with Crippen LogP contribution in [0.2, 0.25) is 0 Å². The second kappa shape index (κ2) is 8.28. The number of nitrogens with zero attached hydrogens (tertiary/aromatic N) is 2. The van der Waals surface area contributed by atoms with Crippen LogP contribution in [0.3, 0.4) is 0 Å². The second-order valence-corrected chi connectivity index (χ2v) is 3.32. The molecule has 0 aliphatic carbocycles. The van der Waals surface area contributed by atoms with Gasteiger partial charge in [-0.25, -0.2) is 4.79 Å². The molecular formula is C12H16N2O4. The topological polar surface area (TPSA) is 62.6 Å². The number of aromatic nitrogens is 2. The Labute approximate surface area is 106 Å². The van der Waals surface area contributed by atoms with Crippen LogP contribution in [0.15, 0.2) is 12.3 Å². The van der Waals surface area contributed by atoms with E-state index in [0.717, 1.165) is 0 Å². The Balaban J connectivity index is 2.14. The molecule has 0 saturated heterocycles. The van der Waals surface area contributed by atoms with E-state index in [1.807, 2.05) is 0 Å². The fourth-order valence-corrected chi connectivity index (χ4v) is 1.21. The summed E-state index contributed by atoms with van der Waals surface area (Å²) < 4.78 is 16.5. The molecule has 0 bridgehead atoms. The van der Waals surface area contributed by atoms with E-state index in [-0.39, 0.29) is 5.69 Å². The lowest BCUT2D eigenvalue weighted by Gasteiger charge is -2.04. The molecule has 6 nitrogen and oxygen atoms in total. The summed E-state index contributed by atoms with van der Waals surface area (Å²) in [5, 5.41) is 4.03. The summed E-state index contributed by atoms with van der Waals surface area (Å²) in [6.07, 6.45) is 6.72. The van der Waals surface area contributed by atoms with Crippen molar-refractivity contribution in [3.05, 3.63) is 18.0 Å². The van der Waals surface area contributed by atoms with E-state index in [9.17, 15) is 4.79 Å². The normalized spacial score (nSPS) is 10.0. The molecule has 0 fully saturated rings. The molecular weight excluding hydrogens is 236 g/mol. The van der Waals surface area contributed by atoms with Gasteiger partial charge in [-0.05, 0) is 6.07 Å². The molecule has 0 saturated carbocycles.